The number of rotatable bonds is 7. The number of ether oxygens (including phenoxy) is 1. The van der Waals surface area contributed by atoms with Crippen molar-refractivity contribution in [1.29, 1.82) is 0 Å². The number of nitrogens with zero attached hydrogens (tertiary/aromatic N) is 1. The summed E-state index contributed by atoms with van der Waals surface area (Å²) in [5, 5.41) is 5.32. The van der Waals surface area contributed by atoms with Crippen molar-refractivity contribution in [2.45, 2.75) is 25.8 Å². The van der Waals surface area contributed by atoms with E-state index in [2.05, 4.69) is 10.6 Å². The summed E-state index contributed by atoms with van der Waals surface area (Å²) >= 11 is 6.98. The molecule has 0 unspecified atom stereocenters. The number of nitrogens with one attached hydrogen (secondary N) is 2. The van der Waals surface area contributed by atoms with Gasteiger partial charge in [0.05, 0.1) is 21.5 Å². The number of benzene rings is 1. The van der Waals surface area contributed by atoms with Crippen LogP contribution in [0.3, 0.4) is 0 Å². The SMILES string of the molecule is CCC[C@@H](NC(=O)c1ccc(Cl)s1)C(=O)Nc1ccc(N2CCOCC2=O)c(F)c1. The number of morpholine rings is 1. The van der Waals surface area contributed by atoms with Crippen LogP contribution in [0.5, 0.6) is 0 Å². The standard InChI is InChI=1S/C20H21ClFN3O4S/c1-2-3-14(24-20(28)16-6-7-17(21)30-16)19(27)23-12-4-5-15(13(22)10-12)25-8-9-29-11-18(25)26/h4-7,10,14H,2-3,8-9,11H2,1H3,(H,23,27)(H,24,28)/t14-/m1/s1. The van der Waals surface area contributed by atoms with Crippen LogP contribution < -0.4 is 15.5 Å². The van der Waals surface area contributed by atoms with E-state index in [9.17, 15) is 18.8 Å². The highest BCUT2D eigenvalue weighted by Crippen LogP contribution is 2.25. The van der Waals surface area contributed by atoms with Crippen LogP contribution in [0, 0.1) is 5.82 Å². The van der Waals surface area contributed by atoms with Crippen LogP contribution in [0.25, 0.3) is 0 Å². The maximum absolute atomic E-state index is 14.6. The van der Waals surface area contributed by atoms with Crippen LogP contribution in [0.4, 0.5) is 15.8 Å². The quantitative estimate of drug-likeness (QED) is 0.672. The molecule has 0 aliphatic carbocycles. The third-order valence-electron chi connectivity index (χ3n) is 4.49. The summed E-state index contributed by atoms with van der Waals surface area (Å²) in [6.45, 7) is 2.39. The Hall–Kier alpha value is -2.49. The van der Waals surface area contributed by atoms with Crippen molar-refractivity contribution in [3.8, 4) is 0 Å². The largest absolute Gasteiger partial charge is 0.370 e. The third kappa shape index (κ3) is 5.35. The molecule has 30 heavy (non-hydrogen) atoms. The molecule has 1 aliphatic heterocycles. The molecule has 2 N–H and O–H groups in total. The Balaban J connectivity index is 1.68. The molecule has 160 valence electrons. The molecule has 10 heteroatoms. The van der Waals surface area contributed by atoms with Crippen molar-refractivity contribution in [2.24, 2.45) is 0 Å². The fourth-order valence-corrected chi connectivity index (χ4v) is 3.98. The first-order valence-corrected chi connectivity index (χ1v) is 10.6. The van der Waals surface area contributed by atoms with Crippen molar-refractivity contribution in [3.63, 3.8) is 0 Å². The number of anilines is 2. The van der Waals surface area contributed by atoms with Crippen molar-refractivity contribution in [2.75, 3.05) is 30.0 Å². The molecule has 1 aliphatic rings. The smallest absolute Gasteiger partial charge is 0.262 e. The third-order valence-corrected chi connectivity index (χ3v) is 5.72. The first-order chi connectivity index (χ1) is 14.4. The highest BCUT2D eigenvalue weighted by Gasteiger charge is 2.24. The minimum atomic E-state index is -0.785. The zero-order valence-corrected chi connectivity index (χ0v) is 17.8. The number of carbonyl (C=O) groups excluding carboxylic acids is 3. The van der Waals surface area contributed by atoms with E-state index in [-0.39, 0.29) is 30.4 Å². The summed E-state index contributed by atoms with van der Waals surface area (Å²) in [7, 11) is 0. The molecular formula is C20H21ClFN3O4S. The number of hydrogen-bond donors (Lipinski definition) is 2. The molecule has 3 rings (SSSR count). The molecule has 0 spiro atoms. The van der Waals surface area contributed by atoms with Crippen molar-refractivity contribution in [3.05, 3.63) is 45.4 Å². The van der Waals surface area contributed by atoms with Crippen LogP contribution in [0.2, 0.25) is 4.34 Å². The number of hydrogen-bond acceptors (Lipinski definition) is 5. The molecule has 3 amide bonds. The molecule has 0 bridgehead atoms. The molecule has 0 radical (unpaired) electrons. The topological polar surface area (TPSA) is 87.7 Å². The summed E-state index contributed by atoms with van der Waals surface area (Å²) in [5.74, 6) is -1.81. The highest BCUT2D eigenvalue weighted by molar-refractivity contribution is 7.18. The minimum Gasteiger partial charge on any atom is -0.370 e. The molecule has 1 saturated heterocycles. The summed E-state index contributed by atoms with van der Waals surface area (Å²) in [4.78, 5) is 38.7. The predicted molar refractivity (Wildman–Crippen MR) is 114 cm³/mol. The molecule has 2 heterocycles. The second kappa shape index (κ2) is 10.0. The van der Waals surface area contributed by atoms with Gasteiger partial charge < -0.3 is 20.3 Å². The van der Waals surface area contributed by atoms with Gasteiger partial charge in [-0.2, -0.15) is 0 Å². The maximum atomic E-state index is 14.6. The fraction of sp³-hybridized carbons (Fsp3) is 0.350. The second-order valence-electron chi connectivity index (χ2n) is 6.67. The van der Waals surface area contributed by atoms with E-state index < -0.39 is 23.7 Å². The Labute approximate surface area is 182 Å². The Morgan fingerprint density at radius 2 is 2.13 bits per heavy atom. The van der Waals surface area contributed by atoms with Crippen molar-refractivity contribution >= 4 is 52.0 Å². The van der Waals surface area contributed by atoms with E-state index >= 15 is 0 Å². The van der Waals surface area contributed by atoms with Crippen molar-refractivity contribution < 1.29 is 23.5 Å². The van der Waals surface area contributed by atoms with Crippen LogP contribution >= 0.6 is 22.9 Å². The number of carbonyl (C=O) groups is 3. The number of halogens is 2. The van der Waals surface area contributed by atoms with E-state index in [0.717, 1.165) is 17.4 Å². The van der Waals surface area contributed by atoms with Gasteiger partial charge in [0.1, 0.15) is 18.5 Å². The lowest BCUT2D eigenvalue weighted by atomic mass is 10.1. The lowest BCUT2D eigenvalue weighted by Crippen LogP contribution is -2.43. The normalized spacial score (nSPS) is 15.0. The van der Waals surface area contributed by atoms with Crippen LogP contribution in [0.1, 0.15) is 29.4 Å². The minimum absolute atomic E-state index is 0.0915. The average molecular weight is 454 g/mol. The number of thiophene rings is 1. The molecule has 1 fully saturated rings. The Bertz CT molecular complexity index is 952. The van der Waals surface area contributed by atoms with Crippen LogP contribution in [-0.2, 0) is 14.3 Å². The molecule has 1 aromatic carbocycles. The Kier molecular flexibility index (Phi) is 7.41. The van der Waals surface area contributed by atoms with Gasteiger partial charge in [-0.3, -0.25) is 14.4 Å². The summed E-state index contributed by atoms with van der Waals surface area (Å²) in [6.07, 6.45) is 1.08. The molecule has 7 nitrogen and oxygen atoms in total. The first kappa shape index (κ1) is 22.2. The lowest BCUT2D eigenvalue weighted by molar-refractivity contribution is -0.125. The fourth-order valence-electron chi connectivity index (χ4n) is 3.03. The first-order valence-electron chi connectivity index (χ1n) is 9.43. The summed E-state index contributed by atoms with van der Waals surface area (Å²) in [6, 6.07) is 6.52. The van der Waals surface area contributed by atoms with Gasteiger partial charge in [-0.15, -0.1) is 11.3 Å². The summed E-state index contributed by atoms with van der Waals surface area (Å²) in [5.41, 5.74) is 0.366. The zero-order chi connectivity index (χ0) is 21.7. The van der Waals surface area contributed by atoms with Gasteiger partial charge in [-0.1, -0.05) is 24.9 Å². The van der Waals surface area contributed by atoms with E-state index in [4.69, 9.17) is 16.3 Å². The maximum Gasteiger partial charge on any atom is 0.262 e. The number of amides is 3. The van der Waals surface area contributed by atoms with Crippen LogP contribution in [-0.4, -0.2) is 43.5 Å². The van der Waals surface area contributed by atoms with Gasteiger partial charge >= 0.3 is 0 Å². The molecule has 2 aromatic rings. The Morgan fingerprint density at radius 1 is 1.33 bits per heavy atom. The van der Waals surface area contributed by atoms with Gasteiger partial charge in [-0.25, -0.2) is 4.39 Å². The average Bonchev–Trinajstić information content (AvgIpc) is 3.15. The van der Waals surface area contributed by atoms with E-state index in [1.165, 1.54) is 17.0 Å². The summed E-state index contributed by atoms with van der Waals surface area (Å²) < 4.78 is 20.1. The highest BCUT2D eigenvalue weighted by atomic mass is 35.5. The lowest BCUT2D eigenvalue weighted by Gasteiger charge is -2.27. The second-order valence-corrected chi connectivity index (χ2v) is 8.39. The van der Waals surface area contributed by atoms with E-state index in [1.807, 2.05) is 6.92 Å². The van der Waals surface area contributed by atoms with Gasteiger partial charge in [0.25, 0.3) is 11.8 Å². The molecule has 1 aromatic heterocycles. The van der Waals surface area contributed by atoms with Crippen LogP contribution in [0.15, 0.2) is 30.3 Å². The van der Waals surface area contributed by atoms with Gasteiger partial charge in [0, 0.05) is 12.2 Å². The molecule has 1 atom stereocenters. The van der Waals surface area contributed by atoms with Gasteiger partial charge in [-0.05, 0) is 36.8 Å². The molecular weight excluding hydrogens is 433 g/mol. The molecule has 0 saturated carbocycles. The van der Waals surface area contributed by atoms with E-state index in [1.54, 1.807) is 12.1 Å². The monoisotopic (exact) mass is 453 g/mol. The predicted octanol–water partition coefficient (Wildman–Crippen LogP) is 3.44. The van der Waals surface area contributed by atoms with Gasteiger partial charge in [0.15, 0.2) is 0 Å². The van der Waals surface area contributed by atoms with Crippen molar-refractivity contribution in [1.82, 2.24) is 5.32 Å². The van der Waals surface area contributed by atoms with E-state index in [0.29, 0.717) is 28.7 Å². The Morgan fingerprint density at radius 3 is 2.77 bits per heavy atom. The van der Waals surface area contributed by atoms with Gasteiger partial charge in [0.2, 0.25) is 5.91 Å². The zero-order valence-electron chi connectivity index (χ0n) is 16.2.